The first-order valence-corrected chi connectivity index (χ1v) is 7.51. The fourth-order valence-corrected chi connectivity index (χ4v) is 3.31. The third-order valence-corrected chi connectivity index (χ3v) is 4.71. The molecule has 0 N–H and O–H groups in total. The minimum Gasteiger partial charge on any atom is -0.384 e. The molecule has 0 aromatic heterocycles. The number of sulfonamides is 1. The molecule has 0 saturated carbocycles. The van der Waals surface area contributed by atoms with E-state index < -0.39 is 10.0 Å². The Balaban J connectivity index is 2.52. The van der Waals surface area contributed by atoms with Crippen LogP contribution in [0.5, 0.6) is 0 Å². The lowest BCUT2D eigenvalue weighted by Gasteiger charge is -2.20. The van der Waals surface area contributed by atoms with Crippen molar-refractivity contribution in [2.45, 2.75) is 6.42 Å². The summed E-state index contributed by atoms with van der Waals surface area (Å²) < 4.78 is 30.3. The lowest BCUT2D eigenvalue weighted by molar-refractivity contribution is 0.215. The van der Waals surface area contributed by atoms with Gasteiger partial charge in [-0.25, -0.2) is 12.7 Å². The smallest absolute Gasteiger partial charge is 0.216 e. The van der Waals surface area contributed by atoms with Crippen molar-refractivity contribution in [3.05, 3.63) is 12.7 Å². The molecule has 1 aliphatic heterocycles. The van der Waals surface area contributed by atoms with Crippen LogP contribution in [-0.2, 0) is 14.8 Å². The molecule has 0 atom stereocenters. The van der Waals surface area contributed by atoms with E-state index in [9.17, 15) is 8.42 Å². The Morgan fingerprint density at radius 2 is 2.06 bits per heavy atom. The van der Waals surface area contributed by atoms with E-state index in [2.05, 4.69) is 11.5 Å². The molecule has 5 nitrogen and oxygen atoms in total. The van der Waals surface area contributed by atoms with Crippen molar-refractivity contribution >= 4 is 10.0 Å². The number of rotatable bonds is 6. The second-order valence-electron chi connectivity index (χ2n) is 4.15. The zero-order valence-corrected chi connectivity index (χ0v) is 11.3. The van der Waals surface area contributed by atoms with Crippen molar-refractivity contribution < 1.29 is 13.2 Å². The van der Waals surface area contributed by atoms with Crippen LogP contribution in [0.3, 0.4) is 0 Å². The average molecular weight is 262 g/mol. The molecule has 0 unspecified atom stereocenters. The van der Waals surface area contributed by atoms with E-state index in [1.807, 2.05) is 6.08 Å². The Labute approximate surface area is 104 Å². The molecule has 17 heavy (non-hydrogen) atoms. The second-order valence-corrected chi connectivity index (χ2v) is 6.24. The minimum absolute atomic E-state index is 0.0744. The van der Waals surface area contributed by atoms with Crippen molar-refractivity contribution in [2.24, 2.45) is 0 Å². The lowest BCUT2D eigenvalue weighted by atomic mass is 10.4. The van der Waals surface area contributed by atoms with E-state index in [1.165, 1.54) is 7.11 Å². The van der Waals surface area contributed by atoms with Crippen LogP contribution in [0.15, 0.2) is 12.7 Å². The molecule has 0 spiro atoms. The van der Waals surface area contributed by atoms with Gasteiger partial charge in [0.1, 0.15) is 0 Å². The van der Waals surface area contributed by atoms with Crippen LogP contribution in [0.25, 0.3) is 0 Å². The maximum absolute atomic E-state index is 12.0. The molecule has 0 aliphatic carbocycles. The van der Waals surface area contributed by atoms with Crippen LogP contribution in [0, 0.1) is 0 Å². The molecule has 1 saturated heterocycles. The van der Waals surface area contributed by atoms with Gasteiger partial charge in [0.25, 0.3) is 0 Å². The molecular weight excluding hydrogens is 240 g/mol. The molecule has 0 bridgehead atoms. The zero-order valence-electron chi connectivity index (χ0n) is 10.5. The first-order valence-electron chi connectivity index (χ1n) is 5.90. The van der Waals surface area contributed by atoms with E-state index in [4.69, 9.17) is 4.74 Å². The number of hydrogen-bond donors (Lipinski definition) is 0. The average Bonchev–Trinajstić information content (AvgIpc) is 2.53. The Kier molecular flexibility index (Phi) is 6.11. The van der Waals surface area contributed by atoms with Gasteiger partial charge in [-0.15, -0.1) is 6.58 Å². The summed E-state index contributed by atoms with van der Waals surface area (Å²) in [6.07, 6.45) is 2.73. The van der Waals surface area contributed by atoms with Crippen LogP contribution >= 0.6 is 0 Å². The van der Waals surface area contributed by atoms with Crippen molar-refractivity contribution in [3.8, 4) is 0 Å². The Morgan fingerprint density at radius 1 is 1.29 bits per heavy atom. The van der Waals surface area contributed by atoms with Crippen LogP contribution in [0.2, 0.25) is 0 Å². The van der Waals surface area contributed by atoms with Gasteiger partial charge in [0.15, 0.2) is 0 Å². The summed E-state index contributed by atoms with van der Waals surface area (Å²) >= 11 is 0. The molecule has 0 aromatic carbocycles. The van der Waals surface area contributed by atoms with E-state index in [1.54, 1.807) is 4.31 Å². The maximum atomic E-state index is 12.0. The third-order valence-electron chi connectivity index (χ3n) is 2.87. The molecule has 6 heteroatoms. The molecule has 1 rings (SSSR count). The van der Waals surface area contributed by atoms with Crippen molar-refractivity contribution in [1.29, 1.82) is 0 Å². The van der Waals surface area contributed by atoms with Crippen LogP contribution in [0.1, 0.15) is 6.42 Å². The van der Waals surface area contributed by atoms with E-state index in [-0.39, 0.29) is 12.4 Å². The molecule has 1 aliphatic rings. The normalized spacial score (nSPS) is 20.1. The monoisotopic (exact) mass is 262 g/mol. The predicted molar refractivity (Wildman–Crippen MR) is 68.5 cm³/mol. The third kappa shape index (κ3) is 4.75. The first-order chi connectivity index (χ1) is 8.10. The number of hydrogen-bond acceptors (Lipinski definition) is 4. The summed E-state index contributed by atoms with van der Waals surface area (Å²) in [5, 5.41) is 0. The molecular formula is C11H22N2O3S. The molecule has 100 valence electrons. The maximum Gasteiger partial charge on any atom is 0.216 e. The fraction of sp³-hybridized carbons (Fsp3) is 0.818. The van der Waals surface area contributed by atoms with Crippen molar-refractivity contribution in [2.75, 3.05) is 52.2 Å². The van der Waals surface area contributed by atoms with Crippen LogP contribution in [-0.4, -0.2) is 69.8 Å². The highest BCUT2D eigenvalue weighted by Crippen LogP contribution is 2.08. The Hall–Kier alpha value is -0.430. The van der Waals surface area contributed by atoms with Gasteiger partial charge in [0.2, 0.25) is 10.0 Å². The fourth-order valence-electron chi connectivity index (χ4n) is 1.91. The molecule has 0 aromatic rings. The quantitative estimate of drug-likeness (QED) is 0.640. The SMILES string of the molecule is C=CCN1CCCN(S(=O)(=O)CCOC)CC1. The summed E-state index contributed by atoms with van der Waals surface area (Å²) in [5.41, 5.74) is 0. The molecule has 1 heterocycles. The summed E-state index contributed by atoms with van der Waals surface area (Å²) in [6.45, 7) is 7.68. The standard InChI is InChI=1S/C11H22N2O3S/c1-3-5-12-6-4-7-13(9-8-12)17(14,15)11-10-16-2/h3H,1,4-11H2,2H3. The van der Waals surface area contributed by atoms with Gasteiger partial charge in [0.05, 0.1) is 12.4 Å². The van der Waals surface area contributed by atoms with Gasteiger partial charge in [0, 0.05) is 33.3 Å². The summed E-state index contributed by atoms with van der Waals surface area (Å²) in [4.78, 5) is 2.22. The molecule has 1 fully saturated rings. The number of nitrogens with zero attached hydrogens (tertiary/aromatic N) is 2. The highest BCUT2D eigenvalue weighted by molar-refractivity contribution is 7.89. The summed E-state index contributed by atoms with van der Waals surface area (Å²) in [6, 6.07) is 0. The van der Waals surface area contributed by atoms with E-state index in [0.29, 0.717) is 13.1 Å². The van der Waals surface area contributed by atoms with Gasteiger partial charge in [-0.2, -0.15) is 0 Å². The topological polar surface area (TPSA) is 49.9 Å². The first kappa shape index (κ1) is 14.6. The largest absolute Gasteiger partial charge is 0.384 e. The number of methoxy groups -OCH3 is 1. The Morgan fingerprint density at radius 3 is 2.71 bits per heavy atom. The summed E-state index contributed by atoms with van der Waals surface area (Å²) in [7, 11) is -1.63. The van der Waals surface area contributed by atoms with Gasteiger partial charge in [-0.1, -0.05) is 6.08 Å². The zero-order chi connectivity index (χ0) is 12.7. The highest BCUT2D eigenvalue weighted by atomic mass is 32.2. The summed E-state index contributed by atoms with van der Waals surface area (Å²) in [5.74, 6) is 0.0744. The van der Waals surface area contributed by atoms with Gasteiger partial charge in [-0.05, 0) is 13.0 Å². The van der Waals surface area contributed by atoms with Crippen LogP contribution in [0.4, 0.5) is 0 Å². The second kappa shape index (κ2) is 7.10. The van der Waals surface area contributed by atoms with E-state index >= 15 is 0 Å². The van der Waals surface area contributed by atoms with Crippen molar-refractivity contribution in [1.82, 2.24) is 9.21 Å². The number of ether oxygens (including phenoxy) is 1. The molecule has 0 amide bonds. The molecule has 0 radical (unpaired) electrons. The Bertz CT molecular complexity index is 330. The van der Waals surface area contributed by atoms with E-state index in [0.717, 1.165) is 26.1 Å². The van der Waals surface area contributed by atoms with Gasteiger partial charge >= 0.3 is 0 Å². The predicted octanol–water partition coefficient (Wildman–Crippen LogP) is 0.156. The lowest BCUT2D eigenvalue weighted by Crippen LogP contribution is -2.37. The van der Waals surface area contributed by atoms with Gasteiger partial charge < -0.3 is 4.74 Å². The highest BCUT2D eigenvalue weighted by Gasteiger charge is 2.24. The van der Waals surface area contributed by atoms with Gasteiger partial charge in [-0.3, -0.25) is 4.90 Å². The van der Waals surface area contributed by atoms with Crippen LogP contribution < -0.4 is 0 Å². The van der Waals surface area contributed by atoms with Crippen molar-refractivity contribution in [3.63, 3.8) is 0 Å². The minimum atomic E-state index is -3.15.